The smallest absolute Gasteiger partial charge is 0.187 e. The lowest BCUT2D eigenvalue weighted by Crippen LogP contribution is -2.43. The second-order valence-corrected chi connectivity index (χ2v) is 6.23. The highest BCUT2D eigenvalue weighted by atomic mass is 19.1. The van der Waals surface area contributed by atoms with E-state index in [4.69, 9.17) is 0 Å². The Kier molecular flexibility index (Phi) is 4.38. The molecule has 0 radical (unpaired) electrons. The van der Waals surface area contributed by atoms with Crippen LogP contribution in [-0.2, 0) is 6.42 Å². The third-order valence-electron chi connectivity index (χ3n) is 5.03. The van der Waals surface area contributed by atoms with Crippen LogP contribution >= 0.6 is 0 Å². The molecule has 116 valence electrons. The molecule has 3 unspecified atom stereocenters. The van der Waals surface area contributed by atoms with Crippen molar-refractivity contribution in [2.24, 2.45) is 5.92 Å². The molecule has 5 heteroatoms. The summed E-state index contributed by atoms with van der Waals surface area (Å²) in [6, 6.07) is 0.217. The van der Waals surface area contributed by atoms with E-state index in [2.05, 4.69) is 14.9 Å². The Morgan fingerprint density at radius 3 is 2.81 bits per heavy atom. The van der Waals surface area contributed by atoms with Crippen LogP contribution in [0.25, 0.3) is 0 Å². The number of anilines is 1. The quantitative estimate of drug-likeness (QED) is 0.931. The van der Waals surface area contributed by atoms with Crippen molar-refractivity contribution < 1.29 is 9.50 Å². The van der Waals surface area contributed by atoms with Crippen LogP contribution in [0.4, 0.5) is 10.2 Å². The predicted octanol–water partition coefficient (Wildman–Crippen LogP) is 2.70. The average molecular weight is 293 g/mol. The Labute approximate surface area is 125 Å². The zero-order valence-electron chi connectivity index (χ0n) is 12.6. The second-order valence-electron chi connectivity index (χ2n) is 6.23. The molecule has 1 saturated carbocycles. The summed E-state index contributed by atoms with van der Waals surface area (Å²) in [5.74, 6) is 0.403. The van der Waals surface area contributed by atoms with Crippen LogP contribution in [0, 0.1) is 11.7 Å². The van der Waals surface area contributed by atoms with E-state index in [1.54, 1.807) is 0 Å². The molecule has 1 aromatic rings. The molecule has 1 N–H and O–H groups in total. The first kappa shape index (κ1) is 14.7. The molecule has 1 aliphatic heterocycles. The molecule has 3 rings (SSSR count). The Bertz CT molecular complexity index is 496. The highest BCUT2D eigenvalue weighted by molar-refractivity contribution is 5.43. The van der Waals surface area contributed by atoms with Gasteiger partial charge in [-0.1, -0.05) is 19.8 Å². The summed E-state index contributed by atoms with van der Waals surface area (Å²) in [6.45, 7) is 2.73. The predicted molar refractivity (Wildman–Crippen MR) is 79.7 cm³/mol. The largest absolute Gasteiger partial charge is 0.393 e. The molecule has 21 heavy (non-hydrogen) atoms. The average Bonchev–Trinajstić information content (AvgIpc) is 2.97. The van der Waals surface area contributed by atoms with Gasteiger partial charge >= 0.3 is 0 Å². The highest BCUT2D eigenvalue weighted by Gasteiger charge is 2.38. The van der Waals surface area contributed by atoms with Crippen molar-refractivity contribution in [1.29, 1.82) is 0 Å². The van der Waals surface area contributed by atoms with Crippen molar-refractivity contribution in [3.8, 4) is 0 Å². The molecule has 2 fully saturated rings. The fourth-order valence-electron chi connectivity index (χ4n) is 3.93. The minimum atomic E-state index is -0.280. The molecule has 1 saturated heterocycles. The molecule has 0 spiro atoms. The molecule has 3 atom stereocenters. The monoisotopic (exact) mass is 293 g/mol. The minimum absolute atomic E-state index is 0.217. The summed E-state index contributed by atoms with van der Waals surface area (Å²) in [4.78, 5) is 10.3. The van der Waals surface area contributed by atoms with Gasteiger partial charge in [-0.05, 0) is 32.1 Å². The number of aliphatic hydroxyl groups is 1. The molecule has 1 aliphatic carbocycles. The van der Waals surface area contributed by atoms with Gasteiger partial charge < -0.3 is 10.0 Å². The lowest BCUT2D eigenvalue weighted by Gasteiger charge is -2.37. The molecule has 4 nitrogen and oxygen atoms in total. The van der Waals surface area contributed by atoms with Crippen LogP contribution in [0.5, 0.6) is 0 Å². The van der Waals surface area contributed by atoms with Gasteiger partial charge in [0.2, 0.25) is 0 Å². The number of hydrogen-bond donors (Lipinski definition) is 1. The van der Waals surface area contributed by atoms with Crippen molar-refractivity contribution in [2.45, 2.75) is 64.0 Å². The van der Waals surface area contributed by atoms with E-state index in [1.807, 2.05) is 6.92 Å². The minimum Gasteiger partial charge on any atom is -0.393 e. The van der Waals surface area contributed by atoms with Crippen molar-refractivity contribution in [3.05, 3.63) is 17.8 Å². The molecular formula is C16H24FN3O. The lowest BCUT2D eigenvalue weighted by atomic mass is 9.80. The summed E-state index contributed by atoms with van der Waals surface area (Å²) in [7, 11) is 0. The van der Waals surface area contributed by atoms with Gasteiger partial charge in [0.05, 0.1) is 11.8 Å². The topological polar surface area (TPSA) is 49.2 Å². The maximum atomic E-state index is 14.5. The number of aromatic nitrogens is 2. The number of rotatable bonds is 3. The van der Waals surface area contributed by atoms with E-state index >= 15 is 0 Å². The fraction of sp³-hybridized carbons (Fsp3) is 0.750. The maximum absolute atomic E-state index is 14.5. The molecule has 0 aromatic carbocycles. The fourth-order valence-corrected chi connectivity index (χ4v) is 3.93. The van der Waals surface area contributed by atoms with Crippen LogP contribution < -0.4 is 4.90 Å². The van der Waals surface area contributed by atoms with E-state index in [9.17, 15) is 9.50 Å². The zero-order chi connectivity index (χ0) is 14.8. The van der Waals surface area contributed by atoms with Gasteiger partial charge in [-0.3, -0.25) is 0 Å². The van der Waals surface area contributed by atoms with Gasteiger partial charge in [0.15, 0.2) is 11.6 Å². The number of aryl methyl sites for hydroxylation is 1. The molecular weight excluding hydrogens is 269 g/mol. The lowest BCUT2D eigenvalue weighted by molar-refractivity contribution is 0.0564. The van der Waals surface area contributed by atoms with Gasteiger partial charge in [-0.25, -0.2) is 14.4 Å². The SMILES string of the molecule is CCc1ncnc(N2CCCC2C2CCCCC2O)c1F. The summed E-state index contributed by atoms with van der Waals surface area (Å²) in [5, 5.41) is 10.3. The van der Waals surface area contributed by atoms with Gasteiger partial charge in [0, 0.05) is 18.5 Å². The summed E-state index contributed by atoms with van der Waals surface area (Å²) >= 11 is 0. The van der Waals surface area contributed by atoms with Crippen LogP contribution in [-0.4, -0.2) is 33.8 Å². The summed E-state index contributed by atoms with van der Waals surface area (Å²) in [5.41, 5.74) is 0.481. The highest BCUT2D eigenvalue weighted by Crippen LogP contribution is 2.37. The standard InChI is InChI=1S/C16H24FN3O/c1-2-12-15(17)16(19-10-18-12)20-9-5-7-13(20)11-6-3-4-8-14(11)21/h10-11,13-14,21H,2-9H2,1H3. The second kappa shape index (κ2) is 6.26. The van der Waals surface area contributed by atoms with Crippen molar-refractivity contribution in [2.75, 3.05) is 11.4 Å². The number of aliphatic hydroxyl groups excluding tert-OH is 1. The van der Waals surface area contributed by atoms with E-state index in [0.29, 0.717) is 17.9 Å². The molecule has 2 heterocycles. The van der Waals surface area contributed by atoms with Gasteiger partial charge in [-0.2, -0.15) is 0 Å². The third kappa shape index (κ3) is 2.76. The zero-order valence-corrected chi connectivity index (χ0v) is 12.6. The Morgan fingerprint density at radius 1 is 1.24 bits per heavy atom. The first-order valence-corrected chi connectivity index (χ1v) is 8.16. The van der Waals surface area contributed by atoms with Gasteiger partial charge in [0.25, 0.3) is 0 Å². The normalized spacial score (nSPS) is 29.9. The number of hydrogen-bond acceptors (Lipinski definition) is 4. The Hall–Kier alpha value is -1.23. The Balaban J connectivity index is 1.87. The van der Waals surface area contributed by atoms with E-state index < -0.39 is 0 Å². The molecule has 0 bridgehead atoms. The number of halogens is 1. The van der Waals surface area contributed by atoms with Crippen LogP contribution in [0.2, 0.25) is 0 Å². The van der Waals surface area contributed by atoms with Gasteiger partial charge in [0.1, 0.15) is 6.33 Å². The van der Waals surface area contributed by atoms with E-state index in [1.165, 1.54) is 12.7 Å². The first-order chi connectivity index (χ1) is 10.2. The number of nitrogens with zero attached hydrogens (tertiary/aromatic N) is 3. The van der Waals surface area contributed by atoms with Gasteiger partial charge in [-0.15, -0.1) is 0 Å². The van der Waals surface area contributed by atoms with Crippen molar-refractivity contribution in [3.63, 3.8) is 0 Å². The maximum Gasteiger partial charge on any atom is 0.187 e. The van der Waals surface area contributed by atoms with E-state index in [0.717, 1.165) is 38.6 Å². The third-order valence-corrected chi connectivity index (χ3v) is 5.03. The van der Waals surface area contributed by atoms with E-state index in [-0.39, 0.29) is 23.9 Å². The molecule has 0 amide bonds. The summed E-state index contributed by atoms with van der Waals surface area (Å²) in [6.07, 6.45) is 8.03. The van der Waals surface area contributed by atoms with Crippen molar-refractivity contribution in [1.82, 2.24) is 9.97 Å². The summed E-state index contributed by atoms with van der Waals surface area (Å²) < 4.78 is 14.5. The van der Waals surface area contributed by atoms with Crippen LogP contribution in [0.1, 0.15) is 51.1 Å². The van der Waals surface area contributed by atoms with Crippen molar-refractivity contribution >= 4 is 5.82 Å². The molecule has 2 aliphatic rings. The first-order valence-electron chi connectivity index (χ1n) is 8.16. The Morgan fingerprint density at radius 2 is 2.05 bits per heavy atom. The molecule has 1 aromatic heterocycles. The van der Waals surface area contributed by atoms with Crippen LogP contribution in [0.15, 0.2) is 6.33 Å². The van der Waals surface area contributed by atoms with Crippen LogP contribution in [0.3, 0.4) is 0 Å².